The number of rotatable bonds is 8. The molecule has 3 aromatic rings. The molecule has 0 aliphatic heterocycles. The topological polar surface area (TPSA) is 47.0 Å². The third-order valence-electron chi connectivity index (χ3n) is 5.55. The fraction of sp³-hybridized carbons (Fsp3) is 0.391. The maximum Gasteiger partial charge on any atom is 0.420 e. The second kappa shape index (κ2) is 9.85. The quantitative estimate of drug-likeness (QED) is 0.277. The first-order valence-electron chi connectivity index (χ1n) is 10.6. The van der Waals surface area contributed by atoms with Crippen LogP contribution in [0.15, 0.2) is 42.7 Å². The van der Waals surface area contributed by atoms with Crippen molar-refractivity contribution >= 4 is 22.2 Å². The fourth-order valence-corrected chi connectivity index (χ4v) is 4.70. The molecule has 1 aromatic carbocycles. The molecule has 0 spiro atoms. The highest BCUT2D eigenvalue weighted by Gasteiger charge is 2.35. The van der Waals surface area contributed by atoms with E-state index < -0.39 is 16.9 Å². The van der Waals surface area contributed by atoms with Gasteiger partial charge in [-0.1, -0.05) is 37.0 Å². The Bertz CT molecular complexity index is 1030. The van der Waals surface area contributed by atoms with Crippen molar-refractivity contribution in [3.8, 4) is 17.0 Å². The first kappa shape index (κ1) is 22.5. The highest BCUT2D eigenvalue weighted by atomic mass is 32.1. The molecule has 32 heavy (non-hydrogen) atoms. The van der Waals surface area contributed by atoms with E-state index >= 15 is 0 Å². The van der Waals surface area contributed by atoms with Crippen molar-refractivity contribution in [3.05, 3.63) is 53.4 Å². The Morgan fingerprint density at radius 2 is 1.97 bits per heavy atom. The van der Waals surface area contributed by atoms with Crippen LogP contribution in [0.25, 0.3) is 11.3 Å². The number of nitrogens with one attached hydrogen (secondary N) is 1. The van der Waals surface area contributed by atoms with Gasteiger partial charge in [0.2, 0.25) is 5.13 Å². The number of benzene rings is 1. The Kier molecular flexibility index (Phi) is 6.93. The largest absolute Gasteiger partial charge is 0.493 e. The normalized spacial score (nSPS) is 14.6. The number of ether oxygens (including phenoxy) is 1. The van der Waals surface area contributed by atoms with Gasteiger partial charge in [-0.05, 0) is 49.1 Å². The van der Waals surface area contributed by atoms with Gasteiger partial charge >= 0.3 is 6.18 Å². The zero-order valence-corrected chi connectivity index (χ0v) is 18.1. The van der Waals surface area contributed by atoms with Crippen LogP contribution in [0.1, 0.15) is 44.1 Å². The van der Waals surface area contributed by atoms with Gasteiger partial charge < -0.3 is 10.1 Å². The van der Waals surface area contributed by atoms with Gasteiger partial charge in [-0.2, -0.15) is 17.6 Å². The Balaban J connectivity index is 1.45. The lowest BCUT2D eigenvalue weighted by Crippen LogP contribution is -2.10. The van der Waals surface area contributed by atoms with Crippen molar-refractivity contribution < 1.29 is 22.3 Å². The zero-order valence-electron chi connectivity index (χ0n) is 17.3. The van der Waals surface area contributed by atoms with Crippen LogP contribution >= 0.6 is 11.3 Å². The summed E-state index contributed by atoms with van der Waals surface area (Å²) in [5.41, 5.74) is -0.120. The number of thiazole rings is 1. The molecule has 1 aliphatic rings. The molecule has 4 nitrogen and oxygen atoms in total. The minimum Gasteiger partial charge on any atom is -0.493 e. The molecule has 1 fully saturated rings. The summed E-state index contributed by atoms with van der Waals surface area (Å²) in [5.74, 6) is 0.471. The number of nitrogens with zero attached hydrogens (tertiary/aromatic N) is 2. The number of alkyl halides is 3. The molecular formula is C23H23F4N3OS. The standard InChI is InChI=1S/C23H23F4N3OS/c24-21-20(16-8-3-11-28-14-16)30-22(32-21)29-17-9-10-19(18(13-17)23(25,26)27)31-12-4-7-15-5-1-2-6-15/h3,8-11,13-15H,1-2,4-7,12H2,(H,29,30). The van der Waals surface area contributed by atoms with Crippen molar-refractivity contribution in [3.63, 3.8) is 0 Å². The van der Waals surface area contributed by atoms with E-state index in [1.807, 2.05) is 0 Å². The molecule has 1 saturated carbocycles. The summed E-state index contributed by atoms with van der Waals surface area (Å²) in [6, 6.07) is 7.06. The van der Waals surface area contributed by atoms with Gasteiger partial charge in [-0.25, -0.2) is 4.98 Å². The van der Waals surface area contributed by atoms with Crippen LogP contribution in [0.4, 0.5) is 28.4 Å². The van der Waals surface area contributed by atoms with Crippen molar-refractivity contribution in [2.24, 2.45) is 5.92 Å². The van der Waals surface area contributed by atoms with Crippen LogP contribution < -0.4 is 10.1 Å². The Labute approximate surface area is 187 Å². The van der Waals surface area contributed by atoms with Crippen LogP contribution in [-0.4, -0.2) is 16.6 Å². The third kappa shape index (κ3) is 5.56. The lowest BCUT2D eigenvalue weighted by Gasteiger charge is -2.16. The van der Waals surface area contributed by atoms with E-state index in [-0.39, 0.29) is 28.9 Å². The van der Waals surface area contributed by atoms with E-state index in [0.717, 1.165) is 30.2 Å². The van der Waals surface area contributed by atoms with Gasteiger partial charge in [0.1, 0.15) is 11.4 Å². The fourth-order valence-electron chi connectivity index (χ4n) is 3.97. The van der Waals surface area contributed by atoms with Crippen molar-refractivity contribution in [1.82, 2.24) is 9.97 Å². The Morgan fingerprint density at radius 1 is 1.16 bits per heavy atom. The summed E-state index contributed by atoms with van der Waals surface area (Å²) in [4.78, 5) is 8.10. The van der Waals surface area contributed by atoms with E-state index in [2.05, 4.69) is 15.3 Å². The van der Waals surface area contributed by atoms with Crippen LogP contribution in [-0.2, 0) is 6.18 Å². The monoisotopic (exact) mass is 465 g/mol. The molecule has 170 valence electrons. The molecule has 0 saturated heterocycles. The Morgan fingerprint density at radius 3 is 2.69 bits per heavy atom. The van der Waals surface area contributed by atoms with Gasteiger partial charge in [0.05, 0.1) is 12.2 Å². The predicted octanol–water partition coefficient (Wildman–Crippen LogP) is 7.46. The molecule has 9 heteroatoms. The van der Waals surface area contributed by atoms with E-state index in [0.29, 0.717) is 11.5 Å². The highest BCUT2D eigenvalue weighted by molar-refractivity contribution is 7.14. The average molecular weight is 466 g/mol. The SMILES string of the molecule is Fc1sc(Nc2ccc(OCCCC3CCCC3)c(C(F)(F)F)c2)nc1-c1cccnc1. The molecule has 0 amide bonds. The van der Waals surface area contributed by atoms with Gasteiger partial charge in [-0.3, -0.25) is 4.98 Å². The molecule has 0 radical (unpaired) electrons. The number of aromatic nitrogens is 2. The number of halogens is 4. The highest BCUT2D eigenvalue weighted by Crippen LogP contribution is 2.39. The number of anilines is 2. The maximum atomic E-state index is 14.3. The molecule has 0 unspecified atom stereocenters. The molecule has 2 heterocycles. The van der Waals surface area contributed by atoms with Crippen molar-refractivity contribution in [2.45, 2.75) is 44.7 Å². The zero-order chi connectivity index (χ0) is 22.6. The first-order chi connectivity index (χ1) is 15.4. The van der Waals surface area contributed by atoms with Crippen LogP contribution in [0.2, 0.25) is 0 Å². The third-order valence-corrected chi connectivity index (χ3v) is 6.31. The van der Waals surface area contributed by atoms with E-state index in [1.165, 1.54) is 44.0 Å². The molecular weight excluding hydrogens is 442 g/mol. The summed E-state index contributed by atoms with van der Waals surface area (Å²) >= 11 is 0.721. The first-order valence-corrected chi connectivity index (χ1v) is 11.4. The lowest BCUT2D eigenvalue weighted by molar-refractivity contribution is -0.138. The summed E-state index contributed by atoms with van der Waals surface area (Å²) in [6.07, 6.45) is 5.06. The van der Waals surface area contributed by atoms with Gasteiger partial charge in [-0.15, -0.1) is 0 Å². The number of pyridine rings is 1. The summed E-state index contributed by atoms with van der Waals surface area (Å²) < 4.78 is 60.7. The summed E-state index contributed by atoms with van der Waals surface area (Å²) in [7, 11) is 0. The van der Waals surface area contributed by atoms with Crippen LogP contribution in [0.5, 0.6) is 5.75 Å². The smallest absolute Gasteiger partial charge is 0.420 e. The van der Waals surface area contributed by atoms with E-state index in [1.54, 1.807) is 18.3 Å². The van der Waals surface area contributed by atoms with Crippen molar-refractivity contribution in [1.29, 1.82) is 0 Å². The minimum atomic E-state index is -4.58. The molecule has 0 bridgehead atoms. The van der Waals surface area contributed by atoms with Crippen LogP contribution in [0, 0.1) is 11.0 Å². The van der Waals surface area contributed by atoms with E-state index in [4.69, 9.17) is 4.74 Å². The minimum absolute atomic E-state index is 0.101. The van der Waals surface area contributed by atoms with E-state index in [9.17, 15) is 17.6 Å². The molecule has 1 N–H and O–H groups in total. The molecule has 4 rings (SSSR count). The maximum absolute atomic E-state index is 14.3. The molecule has 1 aliphatic carbocycles. The number of hydrogen-bond acceptors (Lipinski definition) is 5. The van der Waals surface area contributed by atoms with Gasteiger partial charge in [0, 0.05) is 23.6 Å². The van der Waals surface area contributed by atoms with Crippen molar-refractivity contribution in [2.75, 3.05) is 11.9 Å². The average Bonchev–Trinajstić information content (AvgIpc) is 3.41. The summed E-state index contributed by atoms with van der Waals surface area (Å²) in [5, 5.41) is 2.38. The second-order valence-corrected chi connectivity index (χ2v) is 8.81. The van der Waals surface area contributed by atoms with Crippen LogP contribution in [0.3, 0.4) is 0 Å². The Hall–Kier alpha value is -2.68. The second-order valence-electron chi connectivity index (χ2n) is 7.86. The summed E-state index contributed by atoms with van der Waals surface area (Å²) in [6.45, 7) is 0.249. The predicted molar refractivity (Wildman–Crippen MR) is 117 cm³/mol. The van der Waals surface area contributed by atoms with Gasteiger partial charge in [0.25, 0.3) is 0 Å². The van der Waals surface area contributed by atoms with Gasteiger partial charge in [0.15, 0.2) is 5.13 Å². The molecule has 0 atom stereocenters. The number of hydrogen-bond donors (Lipinski definition) is 1. The lowest BCUT2D eigenvalue weighted by atomic mass is 10.0. The molecule has 2 aromatic heterocycles.